The molecule has 0 bridgehead atoms. The Kier molecular flexibility index (Phi) is 16.9. The van der Waals surface area contributed by atoms with E-state index in [1.54, 1.807) is 0 Å². The standard InChI is InChI=1S/C31H42N4O9/c1-41-27(36)25(17-9-11-19-32-30(39)43-21-23-13-5-3-6-14-23)34-29(38)35-26(28(37)42-2)18-10-12-20-33-31(40)44-22-24-15-7-4-8-16-24/h3-8,13-16,25-26H,9-12,17-22H2,1-2H3,(H,32,39)(H,33,40)(H2,34,35,38). The van der Waals surface area contributed by atoms with E-state index >= 15 is 0 Å². The summed E-state index contributed by atoms with van der Waals surface area (Å²) in [5.74, 6) is -1.29. The third-order valence-corrected chi connectivity index (χ3v) is 6.39. The monoisotopic (exact) mass is 614 g/mol. The molecule has 0 spiro atoms. The van der Waals surface area contributed by atoms with Gasteiger partial charge < -0.3 is 40.2 Å². The highest BCUT2D eigenvalue weighted by Gasteiger charge is 2.25. The van der Waals surface area contributed by atoms with Crippen molar-refractivity contribution < 1.29 is 42.9 Å². The molecule has 0 heterocycles. The third kappa shape index (κ3) is 14.9. The van der Waals surface area contributed by atoms with Crippen molar-refractivity contribution in [2.75, 3.05) is 27.3 Å². The van der Waals surface area contributed by atoms with Gasteiger partial charge in [-0.2, -0.15) is 0 Å². The molecule has 2 aromatic carbocycles. The van der Waals surface area contributed by atoms with Crippen molar-refractivity contribution in [2.24, 2.45) is 0 Å². The van der Waals surface area contributed by atoms with E-state index in [4.69, 9.17) is 18.9 Å². The van der Waals surface area contributed by atoms with E-state index in [1.807, 2.05) is 60.7 Å². The number of carbonyl (C=O) groups is 5. The Morgan fingerprint density at radius 1 is 0.591 bits per heavy atom. The molecule has 0 saturated heterocycles. The van der Waals surface area contributed by atoms with Crippen LogP contribution >= 0.6 is 0 Å². The average Bonchev–Trinajstić information content (AvgIpc) is 3.05. The number of hydrogen-bond donors (Lipinski definition) is 4. The third-order valence-electron chi connectivity index (χ3n) is 6.39. The number of rotatable bonds is 18. The first kappa shape index (κ1) is 35.4. The van der Waals surface area contributed by atoms with E-state index in [0.29, 0.717) is 38.8 Å². The topological polar surface area (TPSA) is 170 Å². The molecule has 2 unspecified atom stereocenters. The highest BCUT2D eigenvalue weighted by Crippen LogP contribution is 2.07. The Morgan fingerprint density at radius 2 is 0.977 bits per heavy atom. The van der Waals surface area contributed by atoms with Crippen molar-refractivity contribution in [3.63, 3.8) is 0 Å². The number of nitrogens with one attached hydrogen (secondary N) is 4. The lowest BCUT2D eigenvalue weighted by atomic mass is 10.1. The number of benzene rings is 2. The molecule has 2 atom stereocenters. The Labute approximate surface area is 257 Å². The molecule has 4 amide bonds. The molecular weight excluding hydrogens is 572 g/mol. The summed E-state index contributed by atoms with van der Waals surface area (Å²) in [5, 5.41) is 10.4. The largest absolute Gasteiger partial charge is 0.467 e. The van der Waals surface area contributed by atoms with Gasteiger partial charge in [-0.15, -0.1) is 0 Å². The van der Waals surface area contributed by atoms with Crippen LogP contribution in [0.3, 0.4) is 0 Å². The van der Waals surface area contributed by atoms with Crippen molar-refractivity contribution >= 4 is 30.2 Å². The Hall–Kier alpha value is -4.81. The molecule has 44 heavy (non-hydrogen) atoms. The van der Waals surface area contributed by atoms with Gasteiger partial charge in [0.2, 0.25) is 0 Å². The number of carbonyl (C=O) groups excluding carboxylic acids is 5. The van der Waals surface area contributed by atoms with Crippen LogP contribution in [-0.4, -0.2) is 69.5 Å². The highest BCUT2D eigenvalue weighted by molar-refractivity contribution is 5.87. The molecule has 0 fully saturated rings. The van der Waals surface area contributed by atoms with Crippen molar-refractivity contribution in [2.45, 2.75) is 63.8 Å². The maximum Gasteiger partial charge on any atom is 0.407 e. The van der Waals surface area contributed by atoms with Crippen LogP contribution in [0.25, 0.3) is 0 Å². The van der Waals surface area contributed by atoms with Crippen LogP contribution in [0.1, 0.15) is 49.7 Å². The van der Waals surface area contributed by atoms with Crippen LogP contribution in [-0.2, 0) is 41.8 Å². The molecule has 0 aliphatic heterocycles. The normalized spacial score (nSPS) is 11.7. The molecule has 2 rings (SSSR count). The second kappa shape index (κ2) is 21.0. The lowest BCUT2D eigenvalue weighted by molar-refractivity contribution is -0.143. The molecule has 13 nitrogen and oxygen atoms in total. The maximum absolute atomic E-state index is 12.7. The number of methoxy groups -OCH3 is 2. The van der Waals surface area contributed by atoms with Gasteiger partial charge in [-0.25, -0.2) is 24.0 Å². The fourth-order valence-corrected chi connectivity index (χ4v) is 4.02. The summed E-state index contributed by atoms with van der Waals surface area (Å²) in [6.45, 7) is 0.947. The van der Waals surface area contributed by atoms with Gasteiger partial charge in [-0.3, -0.25) is 0 Å². The van der Waals surface area contributed by atoms with E-state index < -0.39 is 42.2 Å². The lowest BCUT2D eigenvalue weighted by Crippen LogP contribution is -2.51. The fraction of sp³-hybridized carbons (Fsp3) is 0.452. The minimum absolute atomic E-state index is 0.156. The van der Waals surface area contributed by atoms with Gasteiger partial charge in [0.25, 0.3) is 0 Å². The zero-order chi connectivity index (χ0) is 32.0. The fourth-order valence-electron chi connectivity index (χ4n) is 4.02. The minimum Gasteiger partial charge on any atom is -0.467 e. The molecule has 240 valence electrons. The molecule has 13 heteroatoms. The first-order valence-corrected chi connectivity index (χ1v) is 14.4. The SMILES string of the molecule is COC(=O)C(CCCCNC(=O)OCc1ccccc1)NC(=O)NC(CCCCNC(=O)OCc1ccccc1)C(=O)OC. The Bertz CT molecular complexity index is 1080. The molecule has 0 aromatic heterocycles. The van der Waals surface area contributed by atoms with Crippen LogP contribution in [0, 0.1) is 0 Å². The molecule has 2 aromatic rings. The van der Waals surface area contributed by atoms with Gasteiger partial charge in [0, 0.05) is 13.1 Å². The lowest BCUT2D eigenvalue weighted by Gasteiger charge is -2.20. The zero-order valence-corrected chi connectivity index (χ0v) is 25.2. The number of alkyl carbamates (subject to hydrolysis) is 2. The average molecular weight is 615 g/mol. The summed E-state index contributed by atoms with van der Waals surface area (Å²) in [5.41, 5.74) is 1.74. The number of unbranched alkanes of at least 4 members (excludes halogenated alkanes) is 2. The second-order valence-corrected chi connectivity index (χ2v) is 9.74. The molecule has 0 saturated carbocycles. The highest BCUT2D eigenvalue weighted by atomic mass is 16.6. The van der Waals surface area contributed by atoms with Crippen molar-refractivity contribution in [1.82, 2.24) is 21.3 Å². The summed E-state index contributed by atoms with van der Waals surface area (Å²) in [6.07, 6.45) is 1.41. The van der Waals surface area contributed by atoms with Crippen molar-refractivity contribution in [3.8, 4) is 0 Å². The molecule has 0 aliphatic rings. The summed E-state index contributed by atoms with van der Waals surface area (Å²) < 4.78 is 19.9. The second-order valence-electron chi connectivity index (χ2n) is 9.74. The summed E-state index contributed by atoms with van der Waals surface area (Å²) in [6, 6.07) is 15.9. The van der Waals surface area contributed by atoms with E-state index in [2.05, 4.69) is 21.3 Å². The van der Waals surface area contributed by atoms with E-state index in [-0.39, 0.29) is 26.1 Å². The molecule has 4 N–H and O–H groups in total. The Morgan fingerprint density at radius 3 is 1.34 bits per heavy atom. The van der Waals surface area contributed by atoms with Crippen LogP contribution in [0.15, 0.2) is 60.7 Å². The van der Waals surface area contributed by atoms with Crippen molar-refractivity contribution in [1.29, 1.82) is 0 Å². The number of hydrogen-bond acceptors (Lipinski definition) is 9. The van der Waals surface area contributed by atoms with Gasteiger partial charge in [-0.05, 0) is 49.7 Å². The van der Waals surface area contributed by atoms with Gasteiger partial charge in [0.05, 0.1) is 14.2 Å². The van der Waals surface area contributed by atoms with Crippen LogP contribution in [0.5, 0.6) is 0 Å². The van der Waals surface area contributed by atoms with Gasteiger partial charge in [0.15, 0.2) is 0 Å². The van der Waals surface area contributed by atoms with Crippen LogP contribution in [0.2, 0.25) is 0 Å². The molecule has 0 radical (unpaired) electrons. The summed E-state index contributed by atoms with van der Waals surface area (Å²) in [4.78, 5) is 60.9. The van der Waals surface area contributed by atoms with Gasteiger partial charge in [0.1, 0.15) is 25.3 Å². The summed E-state index contributed by atoms with van der Waals surface area (Å²) >= 11 is 0. The van der Waals surface area contributed by atoms with Gasteiger partial charge >= 0.3 is 30.2 Å². The molecular formula is C31H42N4O9. The van der Waals surface area contributed by atoms with Crippen molar-refractivity contribution in [3.05, 3.63) is 71.8 Å². The smallest absolute Gasteiger partial charge is 0.407 e. The predicted octanol–water partition coefficient (Wildman–Crippen LogP) is 3.56. The number of esters is 2. The number of urea groups is 1. The summed E-state index contributed by atoms with van der Waals surface area (Å²) in [7, 11) is 2.42. The number of amides is 4. The number of ether oxygens (including phenoxy) is 4. The van der Waals surface area contributed by atoms with E-state index in [1.165, 1.54) is 14.2 Å². The first-order chi connectivity index (χ1) is 21.3. The molecule has 0 aliphatic carbocycles. The Balaban J connectivity index is 1.67. The maximum atomic E-state index is 12.7. The van der Waals surface area contributed by atoms with E-state index in [0.717, 1.165) is 11.1 Å². The van der Waals surface area contributed by atoms with Gasteiger partial charge in [-0.1, -0.05) is 60.7 Å². The zero-order valence-electron chi connectivity index (χ0n) is 25.2. The quantitative estimate of drug-likeness (QED) is 0.111. The first-order valence-electron chi connectivity index (χ1n) is 14.4. The predicted molar refractivity (Wildman–Crippen MR) is 160 cm³/mol. The minimum atomic E-state index is -0.963. The van der Waals surface area contributed by atoms with Crippen LogP contribution in [0.4, 0.5) is 14.4 Å². The van der Waals surface area contributed by atoms with Crippen LogP contribution < -0.4 is 21.3 Å². The van der Waals surface area contributed by atoms with E-state index in [9.17, 15) is 24.0 Å².